The van der Waals surface area contributed by atoms with E-state index in [-0.39, 0.29) is 18.2 Å². The number of nitro groups is 1. The van der Waals surface area contributed by atoms with Crippen molar-refractivity contribution in [1.29, 1.82) is 0 Å². The van der Waals surface area contributed by atoms with Gasteiger partial charge < -0.3 is 15.0 Å². The number of esters is 1. The molecule has 0 atom stereocenters. The van der Waals surface area contributed by atoms with Gasteiger partial charge in [0.25, 0.3) is 11.6 Å². The smallest absolute Gasteiger partial charge is 0.309 e. The van der Waals surface area contributed by atoms with E-state index in [1.54, 1.807) is 24.3 Å². The molecule has 0 unspecified atom stereocenters. The largest absolute Gasteiger partial charge is 0.455 e. The average Bonchev–Trinajstić information content (AvgIpc) is 2.74. The Balaban J connectivity index is 1.48. The molecule has 9 heteroatoms. The Labute approximate surface area is 182 Å². The second-order valence-corrected chi connectivity index (χ2v) is 7.98. The van der Waals surface area contributed by atoms with Crippen LogP contribution < -0.4 is 10.2 Å². The lowest BCUT2D eigenvalue weighted by atomic mass is 9.96. The molecule has 1 amide bonds. The Bertz CT molecular complexity index is 957. The maximum absolute atomic E-state index is 12.3. The molecule has 1 fully saturated rings. The van der Waals surface area contributed by atoms with Crippen LogP contribution in [0.5, 0.6) is 0 Å². The van der Waals surface area contributed by atoms with Gasteiger partial charge in [-0.3, -0.25) is 19.7 Å². The number of benzene rings is 2. The van der Waals surface area contributed by atoms with E-state index in [4.69, 9.17) is 4.74 Å². The van der Waals surface area contributed by atoms with Gasteiger partial charge in [-0.2, -0.15) is 0 Å². The minimum atomic E-state index is -0.417. The molecule has 3 rings (SSSR count). The SMILES string of the molecule is Cc1cc(NC(=O)COC(=O)C2CCN(c3ccccc3[N+](=O)[O-])CC2)ccc1Br. The molecule has 1 heterocycles. The van der Waals surface area contributed by atoms with E-state index in [0.717, 1.165) is 10.0 Å². The zero-order chi connectivity index (χ0) is 21.7. The van der Waals surface area contributed by atoms with Gasteiger partial charge in [0.1, 0.15) is 5.69 Å². The van der Waals surface area contributed by atoms with Crippen LogP contribution in [0.4, 0.5) is 17.1 Å². The molecule has 30 heavy (non-hydrogen) atoms. The third-order valence-electron chi connectivity index (χ3n) is 5.03. The van der Waals surface area contributed by atoms with Crippen molar-refractivity contribution in [2.75, 3.05) is 29.9 Å². The first-order chi connectivity index (χ1) is 14.3. The first kappa shape index (κ1) is 21.8. The highest BCUT2D eigenvalue weighted by atomic mass is 79.9. The Morgan fingerprint density at radius 3 is 2.60 bits per heavy atom. The lowest BCUT2D eigenvalue weighted by Crippen LogP contribution is -2.37. The molecular weight excluding hydrogens is 454 g/mol. The van der Waals surface area contributed by atoms with Gasteiger partial charge >= 0.3 is 5.97 Å². The number of hydrogen-bond acceptors (Lipinski definition) is 6. The van der Waals surface area contributed by atoms with Gasteiger partial charge in [0.15, 0.2) is 6.61 Å². The predicted molar refractivity (Wildman–Crippen MR) is 117 cm³/mol. The van der Waals surface area contributed by atoms with Gasteiger partial charge in [-0.25, -0.2) is 0 Å². The zero-order valence-corrected chi connectivity index (χ0v) is 18.1. The van der Waals surface area contributed by atoms with Gasteiger partial charge in [-0.15, -0.1) is 0 Å². The minimum absolute atomic E-state index is 0.0541. The van der Waals surface area contributed by atoms with E-state index in [0.29, 0.717) is 37.3 Å². The van der Waals surface area contributed by atoms with Crippen molar-refractivity contribution < 1.29 is 19.2 Å². The second-order valence-electron chi connectivity index (χ2n) is 7.13. The number of rotatable bonds is 6. The molecule has 1 N–H and O–H groups in total. The highest BCUT2D eigenvalue weighted by molar-refractivity contribution is 9.10. The van der Waals surface area contributed by atoms with Crippen LogP contribution in [0, 0.1) is 23.0 Å². The number of amides is 1. The van der Waals surface area contributed by atoms with Crippen LogP contribution in [-0.2, 0) is 14.3 Å². The lowest BCUT2D eigenvalue weighted by molar-refractivity contribution is -0.384. The summed E-state index contributed by atoms with van der Waals surface area (Å²) in [6, 6.07) is 12.0. The summed E-state index contributed by atoms with van der Waals surface area (Å²) in [5.74, 6) is -1.14. The standard InChI is InChI=1S/C21H22BrN3O5/c1-14-12-16(6-7-17(14)22)23-20(26)13-30-21(27)15-8-10-24(11-9-15)18-4-2-3-5-19(18)25(28)29/h2-7,12,15H,8-11,13H2,1H3,(H,23,26). The summed E-state index contributed by atoms with van der Waals surface area (Å²) >= 11 is 3.40. The van der Waals surface area contributed by atoms with E-state index < -0.39 is 16.8 Å². The van der Waals surface area contributed by atoms with E-state index in [9.17, 15) is 19.7 Å². The number of carbonyl (C=O) groups is 2. The maximum atomic E-state index is 12.3. The number of anilines is 2. The minimum Gasteiger partial charge on any atom is -0.455 e. The highest BCUT2D eigenvalue weighted by Crippen LogP contribution is 2.31. The van der Waals surface area contributed by atoms with Crippen molar-refractivity contribution in [2.24, 2.45) is 5.92 Å². The molecule has 0 saturated carbocycles. The van der Waals surface area contributed by atoms with Crippen LogP contribution in [0.3, 0.4) is 0 Å². The zero-order valence-electron chi connectivity index (χ0n) is 16.5. The number of piperidine rings is 1. The molecular formula is C21H22BrN3O5. The van der Waals surface area contributed by atoms with E-state index in [2.05, 4.69) is 21.2 Å². The van der Waals surface area contributed by atoms with Crippen molar-refractivity contribution in [2.45, 2.75) is 19.8 Å². The fraction of sp³-hybridized carbons (Fsp3) is 0.333. The highest BCUT2D eigenvalue weighted by Gasteiger charge is 2.29. The first-order valence-electron chi connectivity index (χ1n) is 9.56. The van der Waals surface area contributed by atoms with Gasteiger partial charge in [0, 0.05) is 29.3 Å². The van der Waals surface area contributed by atoms with Gasteiger partial charge in [0.05, 0.1) is 10.8 Å². The number of aryl methyl sites for hydroxylation is 1. The Hall–Kier alpha value is -2.94. The number of para-hydroxylation sites is 2. The van der Waals surface area contributed by atoms with Crippen LogP contribution in [0.2, 0.25) is 0 Å². The molecule has 0 aliphatic carbocycles. The van der Waals surface area contributed by atoms with Crippen molar-refractivity contribution in [1.82, 2.24) is 0 Å². The van der Waals surface area contributed by atoms with Crippen molar-refractivity contribution in [3.8, 4) is 0 Å². The molecule has 2 aromatic carbocycles. The molecule has 0 aromatic heterocycles. The van der Waals surface area contributed by atoms with Gasteiger partial charge in [0.2, 0.25) is 0 Å². The quantitative estimate of drug-likeness (QED) is 0.383. The summed E-state index contributed by atoms with van der Waals surface area (Å²) in [4.78, 5) is 37.1. The number of carbonyl (C=O) groups excluding carboxylic acids is 2. The van der Waals surface area contributed by atoms with E-state index in [1.165, 1.54) is 6.07 Å². The number of ether oxygens (including phenoxy) is 1. The Morgan fingerprint density at radius 1 is 1.23 bits per heavy atom. The van der Waals surface area contributed by atoms with E-state index >= 15 is 0 Å². The molecule has 158 valence electrons. The third kappa shape index (κ3) is 5.35. The third-order valence-corrected chi connectivity index (χ3v) is 5.92. The summed E-state index contributed by atoms with van der Waals surface area (Å²) in [7, 11) is 0. The van der Waals surface area contributed by atoms with Crippen molar-refractivity contribution in [3.63, 3.8) is 0 Å². The number of nitrogens with zero attached hydrogens (tertiary/aromatic N) is 2. The summed E-state index contributed by atoms with van der Waals surface area (Å²) in [6.07, 6.45) is 1.02. The van der Waals surface area contributed by atoms with E-state index in [1.807, 2.05) is 24.0 Å². The lowest BCUT2D eigenvalue weighted by Gasteiger charge is -2.32. The van der Waals surface area contributed by atoms with Crippen LogP contribution >= 0.6 is 15.9 Å². The fourth-order valence-corrected chi connectivity index (χ4v) is 3.66. The average molecular weight is 476 g/mol. The second kappa shape index (κ2) is 9.71. The van der Waals surface area contributed by atoms with Crippen LogP contribution in [0.1, 0.15) is 18.4 Å². The predicted octanol–water partition coefficient (Wildman–Crippen LogP) is 4.06. The fourth-order valence-electron chi connectivity index (χ4n) is 3.42. The first-order valence-corrected chi connectivity index (χ1v) is 10.4. The van der Waals surface area contributed by atoms with Crippen molar-refractivity contribution in [3.05, 3.63) is 62.6 Å². The number of nitrogens with one attached hydrogen (secondary N) is 1. The Kier molecular flexibility index (Phi) is 7.04. The maximum Gasteiger partial charge on any atom is 0.309 e. The molecule has 0 radical (unpaired) electrons. The number of nitro benzene ring substituents is 1. The molecule has 0 spiro atoms. The molecule has 8 nitrogen and oxygen atoms in total. The molecule has 1 aliphatic rings. The summed E-state index contributed by atoms with van der Waals surface area (Å²) < 4.78 is 6.13. The van der Waals surface area contributed by atoms with Crippen LogP contribution in [-0.4, -0.2) is 36.5 Å². The van der Waals surface area contributed by atoms with Gasteiger partial charge in [-0.1, -0.05) is 28.1 Å². The summed E-state index contributed by atoms with van der Waals surface area (Å²) in [6.45, 7) is 2.58. The topological polar surface area (TPSA) is 102 Å². The Morgan fingerprint density at radius 2 is 1.93 bits per heavy atom. The summed E-state index contributed by atoms with van der Waals surface area (Å²) in [5, 5.41) is 13.9. The molecule has 0 bridgehead atoms. The molecule has 2 aromatic rings. The monoisotopic (exact) mass is 475 g/mol. The van der Waals surface area contributed by atoms with Crippen LogP contribution in [0.25, 0.3) is 0 Å². The summed E-state index contributed by atoms with van der Waals surface area (Å²) in [5.41, 5.74) is 2.22. The number of halogens is 1. The van der Waals surface area contributed by atoms with Crippen LogP contribution in [0.15, 0.2) is 46.9 Å². The normalized spacial score (nSPS) is 14.3. The molecule has 1 saturated heterocycles. The number of hydrogen-bond donors (Lipinski definition) is 1. The molecule has 1 aliphatic heterocycles. The van der Waals surface area contributed by atoms with Gasteiger partial charge in [-0.05, 0) is 49.6 Å². The van der Waals surface area contributed by atoms with Crippen molar-refractivity contribution >= 4 is 44.9 Å².